The molecule has 2 aromatic heterocycles. The fraction of sp³-hybridized carbons (Fsp3) is 0.364. The molecule has 0 saturated carbocycles. The summed E-state index contributed by atoms with van der Waals surface area (Å²) >= 11 is 7.42. The molecule has 1 N–H and O–H groups in total. The van der Waals surface area contributed by atoms with Gasteiger partial charge in [0.15, 0.2) is 0 Å². The van der Waals surface area contributed by atoms with Gasteiger partial charge in [0.2, 0.25) is 5.89 Å². The van der Waals surface area contributed by atoms with Crippen molar-refractivity contribution in [2.24, 2.45) is 0 Å². The van der Waals surface area contributed by atoms with Gasteiger partial charge in [-0.2, -0.15) is 0 Å². The molecule has 0 aromatic carbocycles. The van der Waals surface area contributed by atoms with E-state index in [-0.39, 0.29) is 0 Å². The van der Waals surface area contributed by atoms with Crippen LogP contribution in [0.25, 0.3) is 0 Å². The Bertz CT molecular complexity index is 452. The molecule has 0 unspecified atom stereocenters. The predicted molar refractivity (Wildman–Crippen MR) is 65.8 cm³/mol. The zero-order valence-electron chi connectivity index (χ0n) is 9.00. The average molecular weight is 257 g/mol. The number of oxazole rings is 1. The fourth-order valence-electron chi connectivity index (χ4n) is 1.33. The summed E-state index contributed by atoms with van der Waals surface area (Å²) in [7, 11) is 0. The van der Waals surface area contributed by atoms with Crippen molar-refractivity contribution in [3.05, 3.63) is 39.2 Å². The summed E-state index contributed by atoms with van der Waals surface area (Å²) < 4.78 is 6.30. The first-order chi connectivity index (χ1) is 7.78. The molecule has 0 aliphatic rings. The smallest absolute Gasteiger partial charge is 0.208 e. The Balaban J connectivity index is 1.79. The summed E-state index contributed by atoms with van der Waals surface area (Å²) in [6, 6.07) is 3.93. The van der Waals surface area contributed by atoms with E-state index < -0.39 is 0 Å². The lowest BCUT2D eigenvalue weighted by Crippen LogP contribution is -2.11. The number of aromatic nitrogens is 1. The Morgan fingerprint density at radius 1 is 1.44 bits per heavy atom. The van der Waals surface area contributed by atoms with Crippen LogP contribution in [0.15, 0.2) is 22.7 Å². The van der Waals surface area contributed by atoms with E-state index >= 15 is 0 Å². The summed E-state index contributed by atoms with van der Waals surface area (Å²) in [4.78, 5) is 5.39. The third kappa shape index (κ3) is 3.07. The third-order valence-corrected chi connectivity index (χ3v) is 3.39. The highest BCUT2D eigenvalue weighted by atomic mass is 35.5. The van der Waals surface area contributed by atoms with Gasteiger partial charge < -0.3 is 9.73 Å². The minimum absolute atomic E-state index is 0.648. The lowest BCUT2D eigenvalue weighted by Gasteiger charge is -1.98. The van der Waals surface area contributed by atoms with Crippen molar-refractivity contribution in [2.75, 3.05) is 0 Å². The van der Waals surface area contributed by atoms with Crippen LogP contribution in [0.2, 0.25) is 4.34 Å². The first kappa shape index (κ1) is 11.6. The number of hydrogen-bond donors (Lipinski definition) is 1. The predicted octanol–water partition coefficient (Wildman–Crippen LogP) is 3.24. The second kappa shape index (κ2) is 5.48. The van der Waals surface area contributed by atoms with Crippen LogP contribution in [0.5, 0.6) is 0 Å². The summed E-state index contributed by atoms with van der Waals surface area (Å²) in [5.41, 5.74) is 0. The van der Waals surface area contributed by atoms with E-state index in [4.69, 9.17) is 16.0 Å². The molecule has 2 rings (SSSR count). The number of nitrogens with zero attached hydrogens (tertiary/aromatic N) is 1. The summed E-state index contributed by atoms with van der Waals surface area (Å²) in [6.07, 6.45) is 2.66. The maximum Gasteiger partial charge on any atom is 0.208 e. The standard InChI is InChI=1S/C11H13ClN2OS/c1-2-8-5-14-11(15-8)7-13-6-9-3-4-10(12)16-9/h3-5,13H,2,6-7H2,1H3. The molecular formula is C11H13ClN2OS. The van der Waals surface area contributed by atoms with Gasteiger partial charge in [-0.15, -0.1) is 11.3 Å². The van der Waals surface area contributed by atoms with E-state index in [0.29, 0.717) is 6.54 Å². The largest absolute Gasteiger partial charge is 0.444 e. The first-order valence-corrected chi connectivity index (χ1v) is 6.36. The molecule has 0 spiro atoms. The molecule has 86 valence electrons. The van der Waals surface area contributed by atoms with E-state index in [0.717, 1.165) is 29.0 Å². The van der Waals surface area contributed by atoms with Crippen molar-refractivity contribution in [3.63, 3.8) is 0 Å². The molecular weight excluding hydrogens is 244 g/mol. The van der Waals surface area contributed by atoms with E-state index in [9.17, 15) is 0 Å². The van der Waals surface area contributed by atoms with Gasteiger partial charge in [-0.25, -0.2) is 4.98 Å². The normalized spacial score (nSPS) is 10.9. The number of nitrogens with one attached hydrogen (secondary N) is 1. The minimum Gasteiger partial charge on any atom is -0.444 e. The molecule has 0 atom stereocenters. The first-order valence-electron chi connectivity index (χ1n) is 5.16. The third-order valence-electron chi connectivity index (χ3n) is 2.15. The van der Waals surface area contributed by atoms with Gasteiger partial charge in [-0.05, 0) is 12.1 Å². The molecule has 3 nitrogen and oxygen atoms in total. The van der Waals surface area contributed by atoms with Crippen LogP contribution in [-0.4, -0.2) is 4.98 Å². The fourth-order valence-corrected chi connectivity index (χ4v) is 2.39. The Morgan fingerprint density at radius 3 is 2.94 bits per heavy atom. The number of halogens is 1. The van der Waals surface area contributed by atoms with Gasteiger partial charge in [-0.3, -0.25) is 0 Å². The van der Waals surface area contributed by atoms with Crippen molar-refractivity contribution in [2.45, 2.75) is 26.4 Å². The van der Waals surface area contributed by atoms with Crippen LogP contribution in [0.3, 0.4) is 0 Å². The highest BCUT2D eigenvalue weighted by molar-refractivity contribution is 7.16. The molecule has 2 aromatic rings. The van der Waals surface area contributed by atoms with Crippen LogP contribution >= 0.6 is 22.9 Å². The molecule has 0 saturated heterocycles. The monoisotopic (exact) mass is 256 g/mol. The molecule has 5 heteroatoms. The van der Waals surface area contributed by atoms with Crippen LogP contribution in [-0.2, 0) is 19.5 Å². The van der Waals surface area contributed by atoms with Gasteiger partial charge in [-0.1, -0.05) is 18.5 Å². The van der Waals surface area contributed by atoms with Crippen LogP contribution < -0.4 is 5.32 Å². The average Bonchev–Trinajstić information content (AvgIpc) is 2.88. The van der Waals surface area contributed by atoms with Crippen molar-refractivity contribution >= 4 is 22.9 Å². The Kier molecular flexibility index (Phi) is 3.98. The molecule has 0 amide bonds. The zero-order chi connectivity index (χ0) is 11.4. The van der Waals surface area contributed by atoms with Crippen molar-refractivity contribution in [3.8, 4) is 0 Å². The number of aryl methyl sites for hydroxylation is 1. The minimum atomic E-state index is 0.648. The van der Waals surface area contributed by atoms with E-state index in [1.807, 2.05) is 19.1 Å². The van der Waals surface area contributed by atoms with Crippen LogP contribution in [0, 0.1) is 0 Å². The number of rotatable bonds is 5. The highest BCUT2D eigenvalue weighted by Gasteiger charge is 2.02. The molecule has 16 heavy (non-hydrogen) atoms. The lowest BCUT2D eigenvalue weighted by molar-refractivity contribution is 0.439. The molecule has 0 aliphatic heterocycles. The maximum atomic E-state index is 5.84. The van der Waals surface area contributed by atoms with Gasteiger partial charge in [0.1, 0.15) is 5.76 Å². The number of hydrogen-bond acceptors (Lipinski definition) is 4. The lowest BCUT2D eigenvalue weighted by atomic mass is 10.4. The Labute approximate surface area is 103 Å². The van der Waals surface area contributed by atoms with Crippen molar-refractivity contribution < 1.29 is 4.42 Å². The Morgan fingerprint density at radius 2 is 2.31 bits per heavy atom. The molecule has 0 radical (unpaired) electrons. The van der Waals surface area contributed by atoms with Gasteiger partial charge in [0.25, 0.3) is 0 Å². The van der Waals surface area contributed by atoms with E-state index in [2.05, 4.69) is 10.3 Å². The second-order valence-electron chi connectivity index (χ2n) is 3.38. The Hall–Kier alpha value is -0.840. The summed E-state index contributed by atoms with van der Waals surface area (Å²) in [5.74, 6) is 1.66. The van der Waals surface area contributed by atoms with Crippen LogP contribution in [0.4, 0.5) is 0 Å². The molecule has 0 fully saturated rings. The maximum absolute atomic E-state index is 5.84. The van der Waals surface area contributed by atoms with Gasteiger partial charge >= 0.3 is 0 Å². The highest BCUT2D eigenvalue weighted by Crippen LogP contribution is 2.21. The van der Waals surface area contributed by atoms with E-state index in [1.54, 1.807) is 17.5 Å². The topological polar surface area (TPSA) is 38.1 Å². The molecule has 2 heterocycles. The van der Waals surface area contributed by atoms with Gasteiger partial charge in [0.05, 0.1) is 17.1 Å². The van der Waals surface area contributed by atoms with Gasteiger partial charge in [0, 0.05) is 17.8 Å². The SMILES string of the molecule is CCc1cnc(CNCc2ccc(Cl)s2)o1. The summed E-state index contributed by atoms with van der Waals surface area (Å²) in [5, 5.41) is 3.26. The summed E-state index contributed by atoms with van der Waals surface area (Å²) in [6.45, 7) is 3.49. The molecule has 0 aliphatic carbocycles. The van der Waals surface area contributed by atoms with Crippen LogP contribution in [0.1, 0.15) is 23.5 Å². The zero-order valence-corrected chi connectivity index (χ0v) is 10.6. The second-order valence-corrected chi connectivity index (χ2v) is 5.18. The number of thiophene rings is 1. The van der Waals surface area contributed by atoms with Crippen molar-refractivity contribution in [1.29, 1.82) is 0 Å². The molecule has 0 bridgehead atoms. The quantitative estimate of drug-likeness (QED) is 0.893. The van der Waals surface area contributed by atoms with E-state index in [1.165, 1.54) is 4.88 Å². The van der Waals surface area contributed by atoms with Crippen molar-refractivity contribution in [1.82, 2.24) is 10.3 Å².